The SMILES string of the molecule is Cc1ccc(C)c(NCCNc2cc(Cl)ccc2C)c1. The number of nitrogens with one attached hydrogen (secondary N) is 2. The van der Waals surface area contributed by atoms with Gasteiger partial charge in [0, 0.05) is 29.5 Å². The van der Waals surface area contributed by atoms with Crippen molar-refractivity contribution in [2.75, 3.05) is 23.7 Å². The maximum Gasteiger partial charge on any atom is 0.0426 e. The van der Waals surface area contributed by atoms with Crippen molar-refractivity contribution < 1.29 is 0 Å². The third-order valence-electron chi connectivity index (χ3n) is 3.35. The summed E-state index contributed by atoms with van der Waals surface area (Å²) in [6.45, 7) is 8.04. The van der Waals surface area contributed by atoms with E-state index in [9.17, 15) is 0 Å². The number of hydrogen-bond acceptors (Lipinski definition) is 2. The van der Waals surface area contributed by atoms with Crippen LogP contribution in [-0.4, -0.2) is 13.1 Å². The number of anilines is 2. The van der Waals surface area contributed by atoms with E-state index in [4.69, 9.17) is 11.6 Å². The molecule has 20 heavy (non-hydrogen) atoms. The number of halogens is 1. The van der Waals surface area contributed by atoms with Crippen molar-refractivity contribution in [3.8, 4) is 0 Å². The molecule has 2 aromatic carbocycles. The largest absolute Gasteiger partial charge is 0.383 e. The first-order valence-electron chi connectivity index (χ1n) is 6.87. The van der Waals surface area contributed by atoms with Crippen LogP contribution in [0.1, 0.15) is 16.7 Å². The lowest BCUT2D eigenvalue weighted by Gasteiger charge is -2.13. The summed E-state index contributed by atoms with van der Waals surface area (Å²) in [6.07, 6.45) is 0. The molecule has 0 saturated carbocycles. The molecule has 0 atom stereocenters. The molecule has 0 heterocycles. The molecule has 0 fully saturated rings. The topological polar surface area (TPSA) is 24.1 Å². The van der Waals surface area contributed by atoms with E-state index in [1.807, 2.05) is 18.2 Å². The Morgan fingerprint density at radius 2 is 1.35 bits per heavy atom. The smallest absolute Gasteiger partial charge is 0.0426 e. The van der Waals surface area contributed by atoms with Gasteiger partial charge < -0.3 is 10.6 Å². The van der Waals surface area contributed by atoms with Crippen molar-refractivity contribution in [3.63, 3.8) is 0 Å². The maximum absolute atomic E-state index is 6.01. The second-order valence-electron chi connectivity index (χ2n) is 5.13. The summed E-state index contributed by atoms with van der Waals surface area (Å²) in [5.41, 5.74) is 6.06. The molecule has 0 saturated heterocycles. The molecule has 0 bridgehead atoms. The lowest BCUT2D eigenvalue weighted by Crippen LogP contribution is -2.14. The van der Waals surface area contributed by atoms with Crippen molar-refractivity contribution in [1.29, 1.82) is 0 Å². The van der Waals surface area contributed by atoms with Gasteiger partial charge in [-0.2, -0.15) is 0 Å². The van der Waals surface area contributed by atoms with E-state index in [-0.39, 0.29) is 0 Å². The molecular weight excluding hydrogens is 268 g/mol. The molecule has 106 valence electrons. The fourth-order valence-corrected chi connectivity index (χ4v) is 2.28. The van der Waals surface area contributed by atoms with Gasteiger partial charge in [-0.3, -0.25) is 0 Å². The molecular formula is C17H21ClN2. The highest BCUT2D eigenvalue weighted by Gasteiger charge is 2.00. The molecule has 2 aromatic rings. The molecule has 0 radical (unpaired) electrons. The second-order valence-corrected chi connectivity index (χ2v) is 5.57. The first-order chi connectivity index (χ1) is 9.56. The minimum atomic E-state index is 0.764. The van der Waals surface area contributed by atoms with Gasteiger partial charge in [0.15, 0.2) is 0 Å². The number of aryl methyl sites for hydroxylation is 3. The van der Waals surface area contributed by atoms with Crippen molar-refractivity contribution in [3.05, 3.63) is 58.1 Å². The van der Waals surface area contributed by atoms with Crippen molar-refractivity contribution in [2.45, 2.75) is 20.8 Å². The Morgan fingerprint density at radius 1 is 0.800 bits per heavy atom. The van der Waals surface area contributed by atoms with Crippen LogP contribution in [0.4, 0.5) is 11.4 Å². The van der Waals surface area contributed by atoms with E-state index in [2.05, 4.69) is 49.6 Å². The molecule has 2 rings (SSSR count). The first kappa shape index (κ1) is 14.7. The zero-order valence-corrected chi connectivity index (χ0v) is 13.0. The van der Waals surface area contributed by atoms with E-state index >= 15 is 0 Å². The molecule has 0 aliphatic heterocycles. The molecule has 0 unspecified atom stereocenters. The van der Waals surface area contributed by atoms with Gasteiger partial charge in [-0.15, -0.1) is 0 Å². The Kier molecular flexibility index (Phi) is 4.91. The minimum Gasteiger partial charge on any atom is -0.383 e. The van der Waals surface area contributed by atoms with Crippen LogP contribution in [-0.2, 0) is 0 Å². The summed E-state index contributed by atoms with van der Waals surface area (Å²) in [5.74, 6) is 0. The molecule has 0 aromatic heterocycles. The lowest BCUT2D eigenvalue weighted by atomic mass is 10.1. The fourth-order valence-electron chi connectivity index (χ4n) is 2.11. The zero-order chi connectivity index (χ0) is 14.5. The predicted octanol–water partition coefficient (Wildman–Crippen LogP) is 4.79. The van der Waals surface area contributed by atoms with E-state index < -0.39 is 0 Å². The van der Waals surface area contributed by atoms with Crippen LogP contribution in [0, 0.1) is 20.8 Å². The van der Waals surface area contributed by atoms with Crippen LogP contribution < -0.4 is 10.6 Å². The Labute approximate surface area is 126 Å². The molecule has 2 N–H and O–H groups in total. The molecule has 0 aliphatic carbocycles. The third kappa shape index (κ3) is 3.91. The highest BCUT2D eigenvalue weighted by molar-refractivity contribution is 6.30. The Morgan fingerprint density at radius 3 is 2.00 bits per heavy atom. The average molecular weight is 289 g/mol. The predicted molar refractivity (Wildman–Crippen MR) is 89.1 cm³/mol. The standard InChI is InChI=1S/C17H21ClN2/c1-12-4-5-13(2)16(10-12)19-8-9-20-17-11-15(18)7-6-14(17)3/h4-7,10-11,19-20H,8-9H2,1-3H3. The Hall–Kier alpha value is -1.67. The molecule has 0 spiro atoms. The van der Waals surface area contributed by atoms with Gasteiger partial charge in [-0.1, -0.05) is 29.8 Å². The quantitative estimate of drug-likeness (QED) is 0.773. The van der Waals surface area contributed by atoms with Gasteiger partial charge >= 0.3 is 0 Å². The normalized spacial score (nSPS) is 10.4. The van der Waals surface area contributed by atoms with E-state index in [0.29, 0.717) is 0 Å². The van der Waals surface area contributed by atoms with E-state index in [0.717, 1.165) is 23.8 Å². The number of hydrogen-bond donors (Lipinski definition) is 2. The fraction of sp³-hybridized carbons (Fsp3) is 0.294. The van der Waals surface area contributed by atoms with Crippen LogP contribution in [0.15, 0.2) is 36.4 Å². The van der Waals surface area contributed by atoms with E-state index in [1.54, 1.807) is 0 Å². The lowest BCUT2D eigenvalue weighted by molar-refractivity contribution is 1.07. The highest BCUT2D eigenvalue weighted by Crippen LogP contribution is 2.20. The van der Waals surface area contributed by atoms with Crippen molar-refractivity contribution in [1.82, 2.24) is 0 Å². The van der Waals surface area contributed by atoms with Gasteiger partial charge in [0.2, 0.25) is 0 Å². The molecule has 0 amide bonds. The average Bonchev–Trinajstić information content (AvgIpc) is 2.42. The minimum absolute atomic E-state index is 0.764. The molecule has 3 heteroatoms. The second kappa shape index (κ2) is 6.67. The van der Waals surface area contributed by atoms with Crippen LogP contribution in [0.2, 0.25) is 5.02 Å². The van der Waals surface area contributed by atoms with Crippen LogP contribution in [0.5, 0.6) is 0 Å². The summed E-state index contributed by atoms with van der Waals surface area (Å²) in [7, 11) is 0. The van der Waals surface area contributed by atoms with Gasteiger partial charge in [0.05, 0.1) is 0 Å². The zero-order valence-electron chi connectivity index (χ0n) is 12.3. The summed E-state index contributed by atoms with van der Waals surface area (Å²) in [6, 6.07) is 12.4. The Bertz CT molecular complexity index is 540. The number of benzene rings is 2. The number of rotatable bonds is 5. The Balaban J connectivity index is 1.87. The van der Waals surface area contributed by atoms with Crippen molar-refractivity contribution >= 4 is 23.0 Å². The van der Waals surface area contributed by atoms with Gasteiger partial charge in [-0.25, -0.2) is 0 Å². The van der Waals surface area contributed by atoms with Crippen molar-refractivity contribution in [2.24, 2.45) is 0 Å². The van der Waals surface area contributed by atoms with Crippen LogP contribution in [0.3, 0.4) is 0 Å². The molecule has 0 aliphatic rings. The maximum atomic E-state index is 6.01. The van der Waals surface area contributed by atoms with Crippen LogP contribution >= 0.6 is 11.6 Å². The summed E-state index contributed by atoms with van der Waals surface area (Å²) in [4.78, 5) is 0. The highest BCUT2D eigenvalue weighted by atomic mass is 35.5. The summed E-state index contributed by atoms with van der Waals surface area (Å²) < 4.78 is 0. The van der Waals surface area contributed by atoms with E-state index in [1.165, 1.54) is 22.4 Å². The summed E-state index contributed by atoms with van der Waals surface area (Å²) in [5, 5.41) is 7.64. The van der Waals surface area contributed by atoms with Gasteiger partial charge in [-0.05, 0) is 55.7 Å². The van der Waals surface area contributed by atoms with Crippen LogP contribution in [0.25, 0.3) is 0 Å². The van der Waals surface area contributed by atoms with Gasteiger partial charge in [0.1, 0.15) is 0 Å². The first-order valence-corrected chi connectivity index (χ1v) is 7.25. The van der Waals surface area contributed by atoms with Gasteiger partial charge in [0.25, 0.3) is 0 Å². The summed E-state index contributed by atoms with van der Waals surface area (Å²) >= 11 is 6.01. The third-order valence-corrected chi connectivity index (χ3v) is 3.58. The molecule has 2 nitrogen and oxygen atoms in total. The monoisotopic (exact) mass is 288 g/mol.